The molecule has 0 amide bonds. The van der Waals surface area contributed by atoms with Gasteiger partial charge in [0, 0.05) is 21.6 Å². The first kappa shape index (κ1) is 22.5. The van der Waals surface area contributed by atoms with Crippen molar-refractivity contribution in [1.82, 2.24) is 4.57 Å². The van der Waals surface area contributed by atoms with Crippen LogP contribution in [0.1, 0.15) is 25.0 Å². The minimum atomic E-state index is -0.0520. The van der Waals surface area contributed by atoms with Crippen LogP contribution >= 0.6 is 0 Å². The molecule has 0 radical (unpaired) electrons. The molecule has 1 heteroatoms. The molecule has 0 N–H and O–H groups in total. The first-order chi connectivity index (χ1) is 20.6. The predicted molar refractivity (Wildman–Crippen MR) is 180 cm³/mol. The zero-order chi connectivity index (χ0) is 27.7. The summed E-state index contributed by atoms with van der Waals surface area (Å²) in [6.07, 6.45) is 0. The van der Waals surface area contributed by atoms with Gasteiger partial charge in [-0.25, -0.2) is 0 Å². The third-order valence-electron chi connectivity index (χ3n) is 10.1. The van der Waals surface area contributed by atoms with Crippen LogP contribution in [0.4, 0.5) is 0 Å². The summed E-state index contributed by atoms with van der Waals surface area (Å²) in [6.45, 7) is 4.77. The maximum absolute atomic E-state index is 2.50. The van der Waals surface area contributed by atoms with Crippen molar-refractivity contribution in [3.63, 3.8) is 0 Å². The molecule has 0 atom stereocenters. The lowest BCUT2D eigenvalue weighted by Crippen LogP contribution is -2.15. The van der Waals surface area contributed by atoms with Crippen LogP contribution in [0.5, 0.6) is 0 Å². The number of para-hydroxylation sites is 1. The van der Waals surface area contributed by atoms with Gasteiger partial charge >= 0.3 is 0 Å². The number of rotatable bonds is 1. The molecule has 1 heterocycles. The molecule has 1 aliphatic rings. The fourth-order valence-electron chi connectivity index (χ4n) is 8.26. The van der Waals surface area contributed by atoms with Crippen LogP contribution in [-0.4, -0.2) is 4.57 Å². The molecule has 0 spiro atoms. The van der Waals surface area contributed by atoms with E-state index in [0.29, 0.717) is 0 Å². The Morgan fingerprint density at radius 1 is 0.452 bits per heavy atom. The molecule has 42 heavy (non-hydrogen) atoms. The zero-order valence-corrected chi connectivity index (χ0v) is 23.6. The highest BCUT2D eigenvalue weighted by Gasteiger charge is 2.36. The lowest BCUT2D eigenvalue weighted by Gasteiger charge is -2.23. The van der Waals surface area contributed by atoms with Crippen LogP contribution in [0, 0.1) is 0 Å². The summed E-state index contributed by atoms with van der Waals surface area (Å²) in [5, 5.41) is 13.2. The molecule has 9 aromatic rings. The molecule has 0 aliphatic heterocycles. The number of benzene rings is 8. The standard InChI is InChI=1S/C41H27N/c1-41(2)34-12-5-3-10-28(34)30-19-17-27-22-37-33(23-32(27)40(30)41)29-11-4-6-13-35(29)42(37)36-21-18-26-15-14-24-8-7-9-25-16-20-31(36)39(26)38(24)25/h3-23H,1-2H3. The molecule has 0 unspecified atom stereocenters. The van der Waals surface area contributed by atoms with Gasteiger partial charge < -0.3 is 4.57 Å². The van der Waals surface area contributed by atoms with Crippen molar-refractivity contribution in [2.24, 2.45) is 0 Å². The summed E-state index contributed by atoms with van der Waals surface area (Å²) in [4.78, 5) is 0. The summed E-state index contributed by atoms with van der Waals surface area (Å²) in [5.41, 5.74) is 9.30. The fraction of sp³-hybridized carbons (Fsp3) is 0.0732. The second kappa shape index (κ2) is 7.57. The van der Waals surface area contributed by atoms with E-state index in [1.165, 1.54) is 92.8 Å². The van der Waals surface area contributed by atoms with Gasteiger partial charge in [0.1, 0.15) is 0 Å². The normalized spacial score (nSPS) is 14.1. The average Bonchev–Trinajstić information content (AvgIpc) is 3.47. The smallest absolute Gasteiger partial charge is 0.0547 e. The van der Waals surface area contributed by atoms with Crippen LogP contribution in [0.3, 0.4) is 0 Å². The summed E-state index contributed by atoms with van der Waals surface area (Å²) >= 11 is 0. The zero-order valence-electron chi connectivity index (χ0n) is 23.6. The Balaban J connectivity index is 1.34. The SMILES string of the molecule is CC1(C)c2ccccc2-c2ccc3cc4c(cc3c21)c1ccccc1n4-c1ccc2ccc3cccc4ccc1c2c34. The van der Waals surface area contributed by atoms with Gasteiger partial charge in [0.15, 0.2) is 0 Å². The Morgan fingerprint density at radius 3 is 2.05 bits per heavy atom. The predicted octanol–water partition coefficient (Wildman–Crippen LogP) is 11.1. The first-order valence-corrected chi connectivity index (χ1v) is 14.9. The summed E-state index contributed by atoms with van der Waals surface area (Å²) in [6, 6.07) is 47.8. The van der Waals surface area contributed by atoms with Crippen molar-refractivity contribution in [1.29, 1.82) is 0 Å². The Hall–Kier alpha value is -5.14. The number of hydrogen-bond acceptors (Lipinski definition) is 0. The first-order valence-electron chi connectivity index (χ1n) is 14.9. The molecule has 0 fully saturated rings. The van der Waals surface area contributed by atoms with E-state index >= 15 is 0 Å². The highest BCUT2D eigenvalue weighted by molar-refractivity contribution is 6.25. The molecule has 1 aromatic heterocycles. The Kier molecular flexibility index (Phi) is 4.06. The van der Waals surface area contributed by atoms with Crippen LogP contribution < -0.4 is 0 Å². The molecule has 196 valence electrons. The molecule has 8 aromatic carbocycles. The number of fused-ring (bicyclic) bond motifs is 8. The fourth-order valence-corrected chi connectivity index (χ4v) is 8.26. The van der Waals surface area contributed by atoms with Crippen LogP contribution in [0.25, 0.3) is 81.7 Å². The van der Waals surface area contributed by atoms with Gasteiger partial charge in [0.05, 0.1) is 16.7 Å². The van der Waals surface area contributed by atoms with Crippen LogP contribution in [0.15, 0.2) is 127 Å². The molecule has 0 saturated heterocycles. The van der Waals surface area contributed by atoms with Gasteiger partial charge in [-0.1, -0.05) is 117 Å². The van der Waals surface area contributed by atoms with Gasteiger partial charge in [0.2, 0.25) is 0 Å². The van der Waals surface area contributed by atoms with E-state index in [0.717, 1.165) is 0 Å². The molecule has 10 rings (SSSR count). The summed E-state index contributed by atoms with van der Waals surface area (Å²) in [7, 11) is 0. The Labute approximate surface area is 243 Å². The van der Waals surface area contributed by atoms with Gasteiger partial charge in [-0.05, 0) is 84.2 Å². The Bertz CT molecular complexity index is 2580. The lowest BCUT2D eigenvalue weighted by atomic mass is 9.80. The average molecular weight is 534 g/mol. The lowest BCUT2D eigenvalue weighted by molar-refractivity contribution is 0.666. The van der Waals surface area contributed by atoms with E-state index in [2.05, 4.69) is 146 Å². The maximum atomic E-state index is 2.50. The van der Waals surface area contributed by atoms with Crippen LogP contribution in [-0.2, 0) is 5.41 Å². The minimum Gasteiger partial charge on any atom is -0.309 e. The number of nitrogens with zero attached hydrogens (tertiary/aromatic N) is 1. The van der Waals surface area contributed by atoms with Crippen LogP contribution in [0.2, 0.25) is 0 Å². The van der Waals surface area contributed by atoms with Crippen molar-refractivity contribution >= 4 is 64.9 Å². The van der Waals surface area contributed by atoms with E-state index in [9.17, 15) is 0 Å². The van der Waals surface area contributed by atoms with Crippen molar-refractivity contribution < 1.29 is 0 Å². The number of hydrogen-bond donors (Lipinski definition) is 0. The third kappa shape index (κ3) is 2.65. The van der Waals surface area contributed by atoms with Crippen molar-refractivity contribution in [2.75, 3.05) is 0 Å². The molecule has 0 saturated carbocycles. The van der Waals surface area contributed by atoms with E-state index < -0.39 is 0 Å². The van der Waals surface area contributed by atoms with Crippen molar-refractivity contribution in [2.45, 2.75) is 19.3 Å². The molecular weight excluding hydrogens is 506 g/mol. The van der Waals surface area contributed by atoms with E-state index in [-0.39, 0.29) is 5.41 Å². The van der Waals surface area contributed by atoms with Gasteiger partial charge in [-0.2, -0.15) is 0 Å². The maximum Gasteiger partial charge on any atom is 0.0547 e. The highest BCUT2D eigenvalue weighted by Crippen LogP contribution is 2.52. The highest BCUT2D eigenvalue weighted by atomic mass is 15.0. The van der Waals surface area contributed by atoms with E-state index in [1.54, 1.807) is 0 Å². The molecule has 0 bridgehead atoms. The van der Waals surface area contributed by atoms with E-state index in [4.69, 9.17) is 0 Å². The van der Waals surface area contributed by atoms with E-state index in [1.807, 2.05) is 0 Å². The molecular formula is C41H27N. The minimum absolute atomic E-state index is 0.0520. The summed E-state index contributed by atoms with van der Waals surface area (Å²) in [5.74, 6) is 0. The largest absolute Gasteiger partial charge is 0.309 e. The second-order valence-corrected chi connectivity index (χ2v) is 12.5. The molecule has 1 nitrogen and oxygen atoms in total. The topological polar surface area (TPSA) is 4.93 Å². The monoisotopic (exact) mass is 533 g/mol. The summed E-state index contributed by atoms with van der Waals surface area (Å²) < 4.78 is 2.50. The van der Waals surface area contributed by atoms with Crippen molar-refractivity contribution in [3.8, 4) is 16.8 Å². The van der Waals surface area contributed by atoms with Gasteiger partial charge in [-0.3, -0.25) is 0 Å². The van der Waals surface area contributed by atoms with Crippen molar-refractivity contribution in [3.05, 3.63) is 139 Å². The Morgan fingerprint density at radius 2 is 1.17 bits per heavy atom. The third-order valence-corrected chi connectivity index (χ3v) is 10.1. The van der Waals surface area contributed by atoms with Gasteiger partial charge in [-0.15, -0.1) is 0 Å². The molecule has 1 aliphatic carbocycles. The number of aromatic nitrogens is 1. The quantitative estimate of drug-likeness (QED) is 0.185. The van der Waals surface area contributed by atoms with Gasteiger partial charge in [0.25, 0.3) is 0 Å². The second-order valence-electron chi connectivity index (χ2n) is 12.5.